The average Bonchev–Trinajstić information content (AvgIpc) is 3.59. The van der Waals surface area contributed by atoms with Crippen molar-refractivity contribution < 1.29 is 0 Å². The van der Waals surface area contributed by atoms with Gasteiger partial charge in [0.15, 0.2) is 0 Å². The largest absolute Gasteiger partial charge is 0.352 e. The van der Waals surface area contributed by atoms with E-state index in [2.05, 4.69) is 84.7 Å². The van der Waals surface area contributed by atoms with E-state index >= 15 is 0 Å². The van der Waals surface area contributed by atoms with E-state index in [9.17, 15) is 0 Å². The molecular formula is C30H44N6. The number of hydrogen-bond donors (Lipinski definition) is 0. The third kappa shape index (κ3) is 4.51. The van der Waals surface area contributed by atoms with Gasteiger partial charge in [-0.1, -0.05) is 33.8 Å². The Kier molecular flexibility index (Phi) is 6.45. The molecule has 0 bridgehead atoms. The summed E-state index contributed by atoms with van der Waals surface area (Å²) in [6, 6.07) is 12.6. The molecule has 36 heavy (non-hydrogen) atoms. The van der Waals surface area contributed by atoms with Gasteiger partial charge in [0.05, 0.1) is 0 Å². The molecule has 0 aliphatic carbocycles. The van der Waals surface area contributed by atoms with Crippen molar-refractivity contribution in [2.45, 2.75) is 71.0 Å². The van der Waals surface area contributed by atoms with Crippen LogP contribution in [0.25, 0.3) is 0 Å². The summed E-state index contributed by atoms with van der Waals surface area (Å²) in [5, 5.41) is 0. The second-order valence-corrected chi connectivity index (χ2v) is 12.5. The fourth-order valence-corrected chi connectivity index (χ4v) is 7.23. The van der Waals surface area contributed by atoms with E-state index in [1.54, 1.807) is 0 Å². The zero-order valence-electron chi connectivity index (χ0n) is 22.9. The molecule has 0 radical (unpaired) electrons. The van der Waals surface area contributed by atoms with Crippen molar-refractivity contribution in [3.05, 3.63) is 47.3 Å². The Hall–Kier alpha value is -2.18. The van der Waals surface area contributed by atoms with Crippen LogP contribution in [0.4, 0.5) is 11.6 Å². The molecule has 194 valence electrons. The van der Waals surface area contributed by atoms with Crippen molar-refractivity contribution in [2.24, 2.45) is 11.8 Å². The number of nitrogens with zero attached hydrogens (tertiary/aromatic N) is 6. The first-order valence-electron chi connectivity index (χ1n) is 14.3. The second kappa shape index (κ2) is 9.60. The number of pyridine rings is 2. The second-order valence-electron chi connectivity index (χ2n) is 12.5. The molecule has 6 rings (SSSR count). The van der Waals surface area contributed by atoms with E-state index in [-0.39, 0.29) is 0 Å². The standard InChI is InChI=1S/C30H44N6/c1-20(2)25-7-6-8-29(31-25)35-11-10-24-17-34(19-28(24)35)15-22-13-26(21(3)4)32-30(14-22)36-12-9-23-16-33(5)18-27(23)36/h6-8,13-14,20-21,23-24,27-28H,9-12,15-19H2,1-5H3/t23-,24-,27-,28+/m0/s1. The first-order chi connectivity index (χ1) is 17.4. The van der Waals surface area contributed by atoms with Crippen LogP contribution in [-0.2, 0) is 6.54 Å². The number of likely N-dealkylation sites (tertiary alicyclic amines) is 2. The summed E-state index contributed by atoms with van der Waals surface area (Å²) in [7, 11) is 2.27. The van der Waals surface area contributed by atoms with E-state index in [0.717, 1.165) is 38.0 Å². The third-order valence-corrected chi connectivity index (χ3v) is 9.18. The Labute approximate surface area is 217 Å². The predicted octanol–water partition coefficient (Wildman–Crippen LogP) is 4.57. The number of aromatic nitrogens is 2. The van der Waals surface area contributed by atoms with Crippen LogP contribution in [0.1, 0.15) is 69.3 Å². The van der Waals surface area contributed by atoms with Gasteiger partial charge in [0.2, 0.25) is 0 Å². The molecule has 4 saturated heterocycles. The van der Waals surface area contributed by atoms with Crippen LogP contribution in [0, 0.1) is 11.8 Å². The Morgan fingerprint density at radius 3 is 2.19 bits per heavy atom. The molecule has 6 nitrogen and oxygen atoms in total. The minimum absolute atomic E-state index is 0.445. The van der Waals surface area contributed by atoms with Crippen LogP contribution in [0.2, 0.25) is 0 Å². The average molecular weight is 489 g/mol. The first kappa shape index (κ1) is 24.2. The van der Waals surface area contributed by atoms with Gasteiger partial charge in [-0.3, -0.25) is 4.90 Å². The van der Waals surface area contributed by atoms with Gasteiger partial charge in [0.1, 0.15) is 11.6 Å². The molecule has 4 aliphatic rings. The van der Waals surface area contributed by atoms with Crippen molar-refractivity contribution in [2.75, 3.05) is 56.1 Å². The Morgan fingerprint density at radius 1 is 0.778 bits per heavy atom. The van der Waals surface area contributed by atoms with Gasteiger partial charge in [-0.2, -0.15) is 0 Å². The summed E-state index contributed by atoms with van der Waals surface area (Å²) >= 11 is 0. The van der Waals surface area contributed by atoms with Crippen LogP contribution in [0.3, 0.4) is 0 Å². The summed E-state index contributed by atoms with van der Waals surface area (Å²) in [6.07, 6.45) is 2.58. The molecule has 0 saturated carbocycles. The van der Waals surface area contributed by atoms with Gasteiger partial charge in [-0.25, -0.2) is 9.97 Å². The predicted molar refractivity (Wildman–Crippen MR) is 148 cm³/mol. The summed E-state index contributed by atoms with van der Waals surface area (Å²) in [4.78, 5) is 20.6. The van der Waals surface area contributed by atoms with E-state index in [4.69, 9.17) is 9.97 Å². The molecule has 6 heterocycles. The summed E-state index contributed by atoms with van der Waals surface area (Å²) in [6.45, 7) is 17.1. The van der Waals surface area contributed by atoms with Crippen LogP contribution >= 0.6 is 0 Å². The molecule has 0 N–H and O–H groups in total. The van der Waals surface area contributed by atoms with Gasteiger partial charge in [0, 0.05) is 69.3 Å². The maximum absolute atomic E-state index is 5.18. The molecule has 6 heteroatoms. The van der Waals surface area contributed by atoms with Crippen molar-refractivity contribution in [1.29, 1.82) is 0 Å². The fourth-order valence-electron chi connectivity index (χ4n) is 7.23. The molecule has 0 aromatic carbocycles. The number of anilines is 2. The first-order valence-corrected chi connectivity index (χ1v) is 14.3. The maximum Gasteiger partial charge on any atom is 0.129 e. The molecule has 0 unspecified atom stereocenters. The Bertz CT molecular complexity index is 1080. The van der Waals surface area contributed by atoms with Crippen molar-refractivity contribution in [3.63, 3.8) is 0 Å². The van der Waals surface area contributed by atoms with Crippen LogP contribution in [0.15, 0.2) is 30.3 Å². The SMILES string of the molecule is CC(C)c1cccc(N2CC[C@H]3CN(Cc4cc(C(C)C)nc(N5CC[C@H]6CN(C)C[C@@H]65)c4)C[C@H]32)n1. The number of fused-ring (bicyclic) bond motifs is 2. The number of hydrogen-bond acceptors (Lipinski definition) is 6. The van der Waals surface area contributed by atoms with Gasteiger partial charge >= 0.3 is 0 Å². The summed E-state index contributed by atoms with van der Waals surface area (Å²) in [5.74, 6) is 4.85. The molecule has 2 aromatic heterocycles. The molecule has 4 aliphatic heterocycles. The topological polar surface area (TPSA) is 38.7 Å². The van der Waals surface area contributed by atoms with Crippen molar-refractivity contribution >= 4 is 11.6 Å². The molecular weight excluding hydrogens is 444 g/mol. The zero-order chi connectivity index (χ0) is 25.0. The van der Waals surface area contributed by atoms with Crippen molar-refractivity contribution in [3.8, 4) is 0 Å². The number of rotatable bonds is 6. The molecule has 4 atom stereocenters. The lowest BCUT2D eigenvalue weighted by atomic mass is 10.0. The van der Waals surface area contributed by atoms with Gasteiger partial charge < -0.3 is 14.7 Å². The highest BCUT2D eigenvalue weighted by Crippen LogP contribution is 2.37. The molecule has 0 amide bonds. The zero-order valence-corrected chi connectivity index (χ0v) is 22.9. The maximum atomic E-state index is 5.18. The lowest BCUT2D eigenvalue weighted by Crippen LogP contribution is -2.36. The van der Waals surface area contributed by atoms with Crippen LogP contribution in [-0.4, -0.2) is 78.2 Å². The summed E-state index contributed by atoms with van der Waals surface area (Å²) in [5.41, 5.74) is 3.88. The number of likely N-dealkylation sites (N-methyl/N-ethyl adjacent to an activating group) is 1. The lowest BCUT2D eigenvalue weighted by molar-refractivity contribution is 0.309. The van der Waals surface area contributed by atoms with Crippen molar-refractivity contribution in [1.82, 2.24) is 19.8 Å². The third-order valence-electron chi connectivity index (χ3n) is 9.18. The van der Waals surface area contributed by atoms with E-state index < -0.39 is 0 Å². The lowest BCUT2D eigenvalue weighted by Gasteiger charge is -2.28. The van der Waals surface area contributed by atoms with E-state index in [1.165, 1.54) is 61.1 Å². The van der Waals surface area contributed by atoms with E-state index in [1.807, 2.05) is 0 Å². The highest BCUT2D eigenvalue weighted by atomic mass is 15.3. The highest BCUT2D eigenvalue weighted by molar-refractivity contribution is 5.47. The Balaban J connectivity index is 1.19. The summed E-state index contributed by atoms with van der Waals surface area (Å²) < 4.78 is 0. The molecule has 0 spiro atoms. The monoisotopic (exact) mass is 488 g/mol. The molecule has 2 aromatic rings. The quantitative estimate of drug-likeness (QED) is 0.593. The minimum Gasteiger partial charge on any atom is -0.352 e. The van der Waals surface area contributed by atoms with Gasteiger partial charge in [-0.05, 0) is 73.4 Å². The minimum atomic E-state index is 0.445. The normalized spacial score (nSPS) is 28.6. The fraction of sp³-hybridized carbons (Fsp3) is 0.667. The van der Waals surface area contributed by atoms with Crippen LogP contribution in [0.5, 0.6) is 0 Å². The van der Waals surface area contributed by atoms with Gasteiger partial charge in [0.25, 0.3) is 0 Å². The van der Waals surface area contributed by atoms with Gasteiger partial charge in [-0.15, -0.1) is 0 Å². The smallest absolute Gasteiger partial charge is 0.129 e. The van der Waals surface area contributed by atoms with E-state index in [0.29, 0.717) is 23.9 Å². The molecule has 4 fully saturated rings. The van der Waals surface area contributed by atoms with Crippen LogP contribution < -0.4 is 9.80 Å². The Morgan fingerprint density at radius 2 is 1.44 bits per heavy atom. The highest BCUT2D eigenvalue weighted by Gasteiger charge is 2.43.